The molecular weight excluding hydrogens is 154 g/mol. The van der Waals surface area contributed by atoms with Crippen LogP contribution in [0, 0.1) is 12.3 Å². The minimum absolute atomic E-state index is 0.0889. The lowest BCUT2D eigenvalue weighted by Crippen LogP contribution is -2.47. The molecule has 1 rings (SSSR count). The van der Waals surface area contributed by atoms with Gasteiger partial charge in [0.1, 0.15) is 0 Å². The molecule has 0 N–H and O–H groups in total. The van der Waals surface area contributed by atoms with Crippen LogP contribution in [0.3, 0.4) is 0 Å². The number of ether oxygens (including phenoxy) is 1. The molecule has 1 heterocycles. The van der Waals surface area contributed by atoms with Crippen LogP contribution in [0.2, 0.25) is 0 Å². The topological polar surface area (TPSA) is 29.5 Å². The molecule has 1 saturated heterocycles. The zero-order chi connectivity index (χ0) is 9.14. The standard InChI is InChI=1S/C9H13NO2/c1-4-9(11)10-5-7(2)12-8(3)6-10/h1,7-8H,5-6H2,2-3H3. The Balaban J connectivity index is 2.56. The number of nitrogens with zero attached hydrogens (tertiary/aromatic N) is 1. The Morgan fingerprint density at radius 3 is 2.42 bits per heavy atom. The number of hydrogen-bond donors (Lipinski definition) is 0. The van der Waals surface area contributed by atoms with Gasteiger partial charge in [0.05, 0.1) is 12.2 Å². The highest BCUT2D eigenvalue weighted by molar-refractivity contribution is 5.92. The van der Waals surface area contributed by atoms with E-state index in [2.05, 4.69) is 5.92 Å². The Hall–Kier alpha value is -1.01. The second-order valence-electron chi connectivity index (χ2n) is 3.11. The van der Waals surface area contributed by atoms with Gasteiger partial charge in [-0.05, 0) is 19.8 Å². The second-order valence-corrected chi connectivity index (χ2v) is 3.11. The molecule has 0 bridgehead atoms. The monoisotopic (exact) mass is 167 g/mol. The van der Waals surface area contributed by atoms with Crippen LogP contribution in [0.4, 0.5) is 0 Å². The average molecular weight is 167 g/mol. The van der Waals surface area contributed by atoms with E-state index < -0.39 is 0 Å². The van der Waals surface area contributed by atoms with Crippen molar-refractivity contribution in [3.8, 4) is 12.3 Å². The lowest BCUT2D eigenvalue weighted by Gasteiger charge is -2.34. The van der Waals surface area contributed by atoms with E-state index in [0.717, 1.165) is 0 Å². The largest absolute Gasteiger partial charge is 0.372 e. The maximum Gasteiger partial charge on any atom is 0.298 e. The van der Waals surface area contributed by atoms with Gasteiger partial charge >= 0.3 is 0 Å². The highest BCUT2D eigenvalue weighted by atomic mass is 16.5. The van der Waals surface area contributed by atoms with Crippen molar-refractivity contribution in [2.75, 3.05) is 13.1 Å². The summed E-state index contributed by atoms with van der Waals surface area (Å²) in [4.78, 5) is 12.7. The van der Waals surface area contributed by atoms with E-state index in [4.69, 9.17) is 11.2 Å². The van der Waals surface area contributed by atoms with Crippen LogP contribution in [0.15, 0.2) is 0 Å². The molecular formula is C9H13NO2. The smallest absolute Gasteiger partial charge is 0.298 e. The maximum absolute atomic E-state index is 11.1. The van der Waals surface area contributed by atoms with Crippen molar-refractivity contribution in [2.24, 2.45) is 0 Å². The third-order valence-electron chi connectivity index (χ3n) is 1.83. The molecule has 3 heteroatoms. The SMILES string of the molecule is C#CC(=O)N1CC(C)OC(C)C1. The molecule has 1 amide bonds. The number of morpholine rings is 1. The van der Waals surface area contributed by atoms with Gasteiger partial charge in [-0.25, -0.2) is 0 Å². The van der Waals surface area contributed by atoms with Gasteiger partial charge in [-0.15, -0.1) is 6.42 Å². The number of amides is 1. The third-order valence-corrected chi connectivity index (χ3v) is 1.83. The van der Waals surface area contributed by atoms with Gasteiger partial charge < -0.3 is 9.64 Å². The van der Waals surface area contributed by atoms with E-state index in [1.807, 2.05) is 13.8 Å². The van der Waals surface area contributed by atoms with Gasteiger partial charge in [-0.1, -0.05) is 0 Å². The molecule has 0 radical (unpaired) electrons. The predicted octanol–water partition coefficient (Wildman–Crippen LogP) is 0.255. The molecule has 1 aliphatic heterocycles. The first-order valence-corrected chi connectivity index (χ1v) is 4.04. The molecule has 2 unspecified atom stereocenters. The average Bonchev–Trinajstić information content (AvgIpc) is 2.01. The van der Waals surface area contributed by atoms with Crippen molar-refractivity contribution < 1.29 is 9.53 Å². The normalized spacial score (nSPS) is 29.6. The highest BCUT2D eigenvalue weighted by Crippen LogP contribution is 2.09. The summed E-state index contributed by atoms with van der Waals surface area (Å²) >= 11 is 0. The summed E-state index contributed by atoms with van der Waals surface area (Å²) in [6, 6.07) is 0. The van der Waals surface area contributed by atoms with Crippen LogP contribution in [-0.2, 0) is 9.53 Å². The van der Waals surface area contributed by atoms with Crippen LogP contribution in [-0.4, -0.2) is 36.1 Å². The Bertz CT molecular complexity index is 209. The fourth-order valence-electron chi connectivity index (χ4n) is 1.44. The van der Waals surface area contributed by atoms with E-state index in [0.29, 0.717) is 13.1 Å². The number of rotatable bonds is 0. The molecule has 1 aliphatic rings. The number of carbonyl (C=O) groups excluding carboxylic acids is 1. The van der Waals surface area contributed by atoms with Crippen molar-refractivity contribution in [3.05, 3.63) is 0 Å². The summed E-state index contributed by atoms with van der Waals surface area (Å²) in [6.45, 7) is 5.08. The van der Waals surface area contributed by atoms with E-state index in [9.17, 15) is 4.79 Å². The van der Waals surface area contributed by atoms with Gasteiger partial charge in [0.15, 0.2) is 0 Å². The lowest BCUT2D eigenvalue weighted by molar-refractivity contribution is -0.137. The third kappa shape index (κ3) is 1.99. The summed E-state index contributed by atoms with van der Waals surface area (Å²) in [5.74, 6) is 1.87. The minimum atomic E-state index is -0.239. The fourth-order valence-corrected chi connectivity index (χ4v) is 1.44. The summed E-state index contributed by atoms with van der Waals surface area (Å²) in [6.07, 6.45) is 5.19. The molecule has 0 aromatic carbocycles. The van der Waals surface area contributed by atoms with Crippen LogP contribution in [0.5, 0.6) is 0 Å². The minimum Gasteiger partial charge on any atom is -0.372 e. The van der Waals surface area contributed by atoms with Crippen molar-refractivity contribution in [3.63, 3.8) is 0 Å². The number of terminal acetylenes is 1. The summed E-state index contributed by atoms with van der Waals surface area (Å²) in [5, 5.41) is 0. The van der Waals surface area contributed by atoms with E-state index in [1.165, 1.54) is 0 Å². The van der Waals surface area contributed by atoms with E-state index >= 15 is 0 Å². The van der Waals surface area contributed by atoms with E-state index in [-0.39, 0.29) is 18.1 Å². The van der Waals surface area contributed by atoms with Crippen molar-refractivity contribution in [1.82, 2.24) is 4.90 Å². The number of carbonyl (C=O) groups is 1. The molecule has 0 spiro atoms. The summed E-state index contributed by atoms with van der Waals surface area (Å²) in [7, 11) is 0. The predicted molar refractivity (Wildman–Crippen MR) is 45.4 cm³/mol. The summed E-state index contributed by atoms with van der Waals surface area (Å²) in [5.41, 5.74) is 0. The zero-order valence-corrected chi connectivity index (χ0v) is 7.41. The highest BCUT2D eigenvalue weighted by Gasteiger charge is 2.24. The first kappa shape index (κ1) is 9.08. The molecule has 66 valence electrons. The molecule has 0 saturated carbocycles. The quantitative estimate of drug-likeness (QED) is 0.484. The first-order chi connectivity index (χ1) is 5.63. The Morgan fingerprint density at radius 2 is 2.00 bits per heavy atom. The lowest BCUT2D eigenvalue weighted by atomic mass is 10.2. The van der Waals surface area contributed by atoms with Crippen LogP contribution < -0.4 is 0 Å². The molecule has 0 aliphatic carbocycles. The van der Waals surface area contributed by atoms with Gasteiger partial charge in [-0.2, -0.15) is 0 Å². The molecule has 0 aromatic rings. The number of hydrogen-bond acceptors (Lipinski definition) is 2. The van der Waals surface area contributed by atoms with Gasteiger partial charge in [-0.3, -0.25) is 4.79 Å². The first-order valence-electron chi connectivity index (χ1n) is 4.04. The maximum atomic E-state index is 11.1. The molecule has 12 heavy (non-hydrogen) atoms. The van der Waals surface area contributed by atoms with E-state index in [1.54, 1.807) is 4.90 Å². The van der Waals surface area contributed by atoms with Crippen molar-refractivity contribution in [1.29, 1.82) is 0 Å². The van der Waals surface area contributed by atoms with Gasteiger partial charge in [0.2, 0.25) is 0 Å². The van der Waals surface area contributed by atoms with Crippen LogP contribution in [0.25, 0.3) is 0 Å². The molecule has 1 fully saturated rings. The Morgan fingerprint density at radius 1 is 1.50 bits per heavy atom. The van der Waals surface area contributed by atoms with Crippen LogP contribution in [0.1, 0.15) is 13.8 Å². The second kappa shape index (κ2) is 3.59. The Kier molecular flexibility index (Phi) is 2.72. The van der Waals surface area contributed by atoms with Crippen molar-refractivity contribution >= 4 is 5.91 Å². The Labute approximate surface area is 72.7 Å². The van der Waals surface area contributed by atoms with Gasteiger partial charge in [0, 0.05) is 13.1 Å². The molecule has 0 aromatic heterocycles. The molecule has 2 atom stereocenters. The van der Waals surface area contributed by atoms with Crippen molar-refractivity contribution in [2.45, 2.75) is 26.1 Å². The summed E-state index contributed by atoms with van der Waals surface area (Å²) < 4.78 is 5.45. The van der Waals surface area contributed by atoms with Gasteiger partial charge in [0.25, 0.3) is 5.91 Å². The fraction of sp³-hybridized carbons (Fsp3) is 0.667. The van der Waals surface area contributed by atoms with Crippen LogP contribution >= 0.6 is 0 Å². The zero-order valence-electron chi connectivity index (χ0n) is 7.41. The molecule has 3 nitrogen and oxygen atoms in total.